The fourth-order valence-electron chi connectivity index (χ4n) is 2.76. The van der Waals surface area contributed by atoms with Crippen molar-refractivity contribution < 1.29 is 9.18 Å². The molecule has 4 heteroatoms. The SMILES string of the molecule is Nc1ccc(C(=O)Nc2cccc3c2CCCC3)cc1F. The van der Waals surface area contributed by atoms with Gasteiger partial charge in [-0.05, 0) is 61.1 Å². The quantitative estimate of drug-likeness (QED) is 0.829. The maximum atomic E-state index is 13.4. The van der Waals surface area contributed by atoms with E-state index in [1.165, 1.54) is 35.7 Å². The number of nitrogens with two attached hydrogens (primary N) is 1. The second-order valence-electron chi connectivity index (χ2n) is 5.34. The number of benzene rings is 2. The number of nitrogens with one attached hydrogen (secondary N) is 1. The van der Waals surface area contributed by atoms with E-state index in [4.69, 9.17) is 5.73 Å². The van der Waals surface area contributed by atoms with E-state index in [0.29, 0.717) is 0 Å². The fourth-order valence-corrected chi connectivity index (χ4v) is 2.76. The number of rotatable bonds is 2. The Morgan fingerprint density at radius 2 is 1.95 bits per heavy atom. The number of hydrogen-bond donors (Lipinski definition) is 2. The van der Waals surface area contributed by atoms with Crippen LogP contribution < -0.4 is 11.1 Å². The van der Waals surface area contributed by atoms with Crippen LogP contribution in [0.5, 0.6) is 0 Å². The molecule has 3 nitrogen and oxygen atoms in total. The van der Waals surface area contributed by atoms with Crippen molar-refractivity contribution in [1.82, 2.24) is 0 Å². The second kappa shape index (κ2) is 5.56. The smallest absolute Gasteiger partial charge is 0.255 e. The highest BCUT2D eigenvalue weighted by Crippen LogP contribution is 2.28. The van der Waals surface area contributed by atoms with Crippen molar-refractivity contribution in [3.05, 3.63) is 58.9 Å². The Labute approximate surface area is 123 Å². The van der Waals surface area contributed by atoms with E-state index in [0.717, 1.165) is 24.9 Å². The van der Waals surface area contributed by atoms with Crippen LogP contribution >= 0.6 is 0 Å². The van der Waals surface area contributed by atoms with Gasteiger partial charge in [0.1, 0.15) is 5.82 Å². The average Bonchev–Trinajstić information content (AvgIpc) is 2.50. The van der Waals surface area contributed by atoms with Crippen LogP contribution in [0.4, 0.5) is 15.8 Å². The van der Waals surface area contributed by atoms with E-state index in [1.54, 1.807) is 0 Å². The molecule has 108 valence electrons. The van der Waals surface area contributed by atoms with Crippen molar-refractivity contribution in [3.63, 3.8) is 0 Å². The van der Waals surface area contributed by atoms with Gasteiger partial charge in [0.05, 0.1) is 5.69 Å². The Balaban J connectivity index is 1.86. The van der Waals surface area contributed by atoms with Gasteiger partial charge in [-0.1, -0.05) is 12.1 Å². The molecule has 0 aromatic heterocycles. The lowest BCUT2D eigenvalue weighted by atomic mass is 9.90. The van der Waals surface area contributed by atoms with Gasteiger partial charge in [-0.15, -0.1) is 0 Å². The number of halogens is 1. The fraction of sp³-hybridized carbons (Fsp3) is 0.235. The van der Waals surface area contributed by atoms with Crippen molar-refractivity contribution >= 4 is 17.3 Å². The lowest BCUT2D eigenvalue weighted by Gasteiger charge is -2.19. The van der Waals surface area contributed by atoms with Gasteiger partial charge in [-0.25, -0.2) is 4.39 Å². The summed E-state index contributed by atoms with van der Waals surface area (Å²) in [5, 5.41) is 2.89. The molecule has 1 amide bonds. The maximum Gasteiger partial charge on any atom is 0.255 e. The predicted molar refractivity (Wildman–Crippen MR) is 81.8 cm³/mol. The summed E-state index contributed by atoms with van der Waals surface area (Å²) in [7, 11) is 0. The number of aryl methyl sites for hydroxylation is 1. The average molecular weight is 284 g/mol. The highest BCUT2D eigenvalue weighted by atomic mass is 19.1. The van der Waals surface area contributed by atoms with Crippen LogP contribution in [0.2, 0.25) is 0 Å². The maximum absolute atomic E-state index is 13.4. The van der Waals surface area contributed by atoms with E-state index in [9.17, 15) is 9.18 Å². The summed E-state index contributed by atoms with van der Waals surface area (Å²) in [5.41, 5.74) is 9.07. The number of amides is 1. The number of hydrogen-bond acceptors (Lipinski definition) is 2. The Hall–Kier alpha value is -2.36. The van der Waals surface area contributed by atoms with Gasteiger partial charge in [-0.3, -0.25) is 4.79 Å². The monoisotopic (exact) mass is 284 g/mol. The molecule has 0 unspecified atom stereocenters. The minimum absolute atomic E-state index is 0.0450. The number of fused-ring (bicyclic) bond motifs is 1. The van der Waals surface area contributed by atoms with Crippen LogP contribution in [0.15, 0.2) is 36.4 Å². The molecule has 0 fully saturated rings. The minimum atomic E-state index is -0.572. The first kappa shape index (κ1) is 13.6. The second-order valence-corrected chi connectivity index (χ2v) is 5.34. The molecule has 1 aliphatic carbocycles. The number of nitrogen functional groups attached to an aromatic ring is 1. The Morgan fingerprint density at radius 3 is 2.76 bits per heavy atom. The first-order chi connectivity index (χ1) is 10.1. The van der Waals surface area contributed by atoms with Crippen LogP contribution in [0.25, 0.3) is 0 Å². The highest BCUT2D eigenvalue weighted by Gasteiger charge is 2.15. The van der Waals surface area contributed by atoms with Gasteiger partial charge >= 0.3 is 0 Å². The van der Waals surface area contributed by atoms with Gasteiger partial charge in [0.2, 0.25) is 0 Å². The molecule has 0 aliphatic heterocycles. The summed E-state index contributed by atoms with van der Waals surface area (Å²) in [6, 6.07) is 10.1. The predicted octanol–water partition coefficient (Wildman–Crippen LogP) is 3.54. The molecule has 0 heterocycles. The molecule has 3 N–H and O–H groups in total. The van der Waals surface area contributed by atoms with Crippen LogP contribution in [-0.2, 0) is 12.8 Å². The third kappa shape index (κ3) is 2.75. The van der Waals surface area contributed by atoms with Gasteiger partial charge in [0, 0.05) is 11.3 Å². The summed E-state index contributed by atoms with van der Waals surface area (Å²) in [6.45, 7) is 0. The van der Waals surface area contributed by atoms with Crippen molar-refractivity contribution in [2.24, 2.45) is 0 Å². The molecule has 2 aromatic rings. The standard InChI is InChI=1S/C17H17FN2O/c18-14-10-12(8-9-15(14)19)17(21)20-16-7-3-5-11-4-1-2-6-13(11)16/h3,5,7-10H,1-2,4,6,19H2,(H,20,21). The molecular weight excluding hydrogens is 267 g/mol. The Bertz CT molecular complexity index is 697. The topological polar surface area (TPSA) is 55.1 Å². The molecule has 0 atom stereocenters. The number of anilines is 2. The molecule has 0 radical (unpaired) electrons. The lowest BCUT2D eigenvalue weighted by Crippen LogP contribution is -2.15. The molecule has 2 aromatic carbocycles. The summed E-state index contributed by atoms with van der Waals surface area (Å²) in [5.74, 6) is -0.884. The molecule has 1 aliphatic rings. The first-order valence-electron chi connectivity index (χ1n) is 7.12. The van der Waals surface area contributed by atoms with E-state index >= 15 is 0 Å². The zero-order valence-electron chi connectivity index (χ0n) is 11.7. The molecule has 0 spiro atoms. The van der Waals surface area contributed by atoms with Crippen molar-refractivity contribution in [2.45, 2.75) is 25.7 Å². The van der Waals surface area contributed by atoms with Crippen LogP contribution in [0.1, 0.15) is 34.3 Å². The van der Waals surface area contributed by atoms with Crippen LogP contribution in [0, 0.1) is 5.82 Å². The molecule has 21 heavy (non-hydrogen) atoms. The summed E-state index contributed by atoms with van der Waals surface area (Å²) < 4.78 is 13.4. The largest absolute Gasteiger partial charge is 0.396 e. The van der Waals surface area contributed by atoms with E-state index in [-0.39, 0.29) is 17.2 Å². The Morgan fingerprint density at radius 1 is 1.14 bits per heavy atom. The Kier molecular flexibility index (Phi) is 3.60. The summed E-state index contributed by atoms with van der Waals surface area (Å²) in [4.78, 5) is 12.2. The summed E-state index contributed by atoms with van der Waals surface area (Å²) >= 11 is 0. The third-order valence-electron chi connectivity index (χ3n) is 3.91. The van der Waals surface area contributed by atoms with Gasteiger partial charge in [0.15, 0.2) is 0 Å². The van der Waals surface area contributed by atoms with Crippen molar-refractivity contribution in [1.29, 1.82) is 0 Å². The normalized spacial score (nSPS) is 13.6. The van der Waals surface area contributed by atoms with Gasteiger partial charge in [0.25, 0.3) is 5.91 Å². The zero-order chi connectivity index (χ0) is 14.8. The van der Waals surface area contributed by atoms with Crippen LogP contribution in [-0.4, -0.2) is 5.91 Å². The first-order valence-corrected chi connectivity index (χ1v) is 7.12. The molecular formula is C17H17FN2O. The van der Waals surface area contributed by atoms with Gasteiger partial charge in [-0.2, -0.15) is 0 Å². The number of carbonyl (C=O) groups is 1. The van der Waals surface area contributed by atoms with E-state index < -0.39 is 5.82 Å². The van der Waals surface area contributed by atoms with Crippen molar-refractivity contribution in [2.75, 3.05) is 11.1 Å². The summed E-state index contributed by atoms with van der Waals surface area (Å²) in [6.07, 6.45) is 4.35. The third-order valence-corrected chi connectivity index (χ3v) is 3.91. The zero-order valence-corrected chi connectivity index (χ0v) is 11.7. The number of carbonyl (C=O) groups excluding carboxylic acids is 1. The molecule has 0 bridgehead atoms. The molecule has 0 saturated carbocycles. The van der Waals surface area contributed by atoms with Gasteiger partial charge < -0.3 is 11.1 Å². The lowest BCUT2D eigenvalue weighted by molar-refractivity contribution is 0.102. The molecule has 0 saturated heterocycles. The van der Waals surface area contributed by atoms with E-state index in [1.807, 2.05) is 12.1 Å². The highest BCUT2D eigenvalue weighted by molar-refractivity contribution is 6.05. The van der Waals surface area contributed by atoms with Crippen molar-refractivity contribution in [3.8, 4) is 0 Å². The van der Waals surface area contributed by atoms with E-state index in [2.05, 4.69) is 11.4 Å². The molecule has 3 rings (SSSR count). The van der Waals surface area contributed by atoms with Crippen LogP contribution in [0.3, 0.4) is 0 Å². The minimum Gasteiger partial charge on any atom is -0.396 e.